The molecule has 37 heavy (non-hydrogen) atoms. The van der Waals surface area contributed by atoms with Crippen molar-refractivity contribution in [3.8, 4) is 17.1 Å². The Morgan fingerprint density at radius 2 is 1.92 bits per heavy atom. The molecule has 3 aromatic rings. The van der Waals surface area contributed by atoms with Gasteiger partial charge in [0.2, 0.25) is 5.88 Å². The molecular weight excluding hydrogens is 496 g/mol. The second-order valence-electron chi connectivity index (χ2n) is 9.12. The van der Waals surface area contributed by atoms with Crippen LogP contribution in [0.5, 0.6) is 5.88 Å². The Morgan fingerprint density at radius 3 is 2.62 bits per heavy atom. The lowest BCUT2D eigenvalue weighted by atomic mass is 9.86. The van der Waals surface area contributed by atoms with Gasteiger partial charge >= 0.3 is 0 Å². The molecule has 0 radical (unpaired) electrons. The van der Waals surface area contributed by atoms with E-state index in [0.717, 1.165) is 0 Å². The van der Waals surface area contributed by atoms with E-state index in [2.05, 4.69) is 30.2 Å². The Morgan fingerprint density at radius 1 is 1.11 bits per heavy atom. The van der Waals surface area contributed by atoms with Gasteiger partial charge in [0.25, 0.3) is 5.91 Å². The zero-order valence-corrected chi connectivity index (χ0v) is 21.3. The number of sulfone groups is 1. The summed E-state index contributed by atoms with van der Waals surface area (Å²) in [6.45, 7) is 3.21. The first-order valence-electron chi connectivity index (χ1n) is 12.2. The summed E-state index contributed by atoms with van der Waals surface area (Å²) in [7, 11) is -3.27. The Labute approximate surface area is 215 Å². The van der Waals surface area contributed by atoms with Crippen LogP contribution in [0.15, 0.2) is 43.0 Å². The van der Waals surface area contributed by atoms with Gasteiger partial charge in [-0.1, -0.05) is 0 Å². The first kappa shape index (κ1) is 25.2. The van der Waals surface area contributed by atoms with Gasteiger partial charge in [0.1, 0.15) is 17.3 Å². The zero-order valence-electron chi connectivity index (χ0n) is 20.5. The second-order valence-corrected chi connectivity index (χ2v) is 11.4. The van der Waals surface area contributed by atoms with Crippen molar-refractivity contribution in [1.29, 1.82) is 0 Å². The van der Waals surface area contributed by atoms with Gasteiger partial charge < -0.3 is 14.8 Å². The smallest absolute Gasteiger partial charge is 0.270 e. The van der Waals surface area contributed by atoms with Gasteiger partial charge in [-0.3, -0.25) is 14.8 Å². The summed E-state index contributed by atoms with van der Waals surface area (Å²) in [5, 5.41) is 2.81. The highest BCUT2D eigenvalue weighted by molar-refractivity contribution is 7.91. The van der Waals surface area contributed by atoms with Gasteiger partial charge in [0, 0.05) is 31.2 Å². The zero-order chi connectivity index (χ0) is 25.9. The molecule has 1 amide bonds. The SMILES string of the molecule is CCOc1cncc(-c2ccc(C(=O)NC3(c4ccnc(CS(=O)(=O)C5CC5)n4)CCOCC3)nc2)n1. The van der Waals surface area contributed by atoms with Gasteiger partial charge in [0.15, 0.2) is 9.84 Å². The fourth-order valence-corrected chi connectivity index (χ4v) is 5.88. The molecule has 4 heterocycles. The summed E-state index contributed by atoms with van der Waals surface area (Å²) < 4.78 is 35.9. The molecule has 2 aliphatic rings. The molecular formula is C25H28N6O5S. The number of carbonyl (C=O) groups excluding carboxylic acids is 1. The topological polar surface area (TPSA) is 146 Å². The Balaban J connectivity index is 1.36. The van der Waals surface area contributed by atoms with Crippen LogP contribution in [-0.4, -0.2) is 64.3 Å². The van der Waals surface area contributed by atoms with Crippen molar-refractivity contribution in [2.45, 2.75) is 49.1 Å². The van der Waals surface area contributed by atoms with E-state index in [-0.39, 0.29) is 28.4 Å². The maximum atomic E-state index is 13.3. The van der Waals surface area contributed by atoms with Crippen LogP contribution in [0.1, 0.15) is 54.6 Å². The highest BCUT2D eigenvalue weighted by atomic mass is 32.2. The van der Waals surface area contributed by atoms with E-state index in [1.165, 1.54) is 6.20 Å². The van der Waals surface area contributed by atoms with Crippen LogP contribution in [0.25, 0.3) is 11.3 Å². The fourth-order valence-electron chi connectivity index (χ4n) is 4.29. The molecule has 1 saturated heterocycles. The van der Waals surface area contributed by atoms with Crippen LogP contribution in [0.2, 0.25) is 0 Å². The predicted molar refractivity (Wildman–Crippen MR) is 133 cm³/mol. The van der Waals surface area contributed by atoms with Crippen molar-refractivity contribution >= 4 is 15.7 Å². The molecule has 3 aromatic heterocycles. The fraction of sp³-hybridized carbons (Fsp3) is 0.440. The van der Waals surface area contributed by atoms with Crippen molar-refractivity contribution in [3.63, 3.8) is 0 Å². The average Bonchev–Trinajstić information content (AvgIpc) is 3.76. The largest absolute Gasteiger partial charge is 0.477 e. The van der Waals surface area contributed by atoms with Crippen LogP contribution in [-0.2, 0) is 25.9 Å². The van der Waals surface area contributed by atoms with Crippen LogP contribution in [0.4, 0.5) is 0 Å². The molecule has 0 unspecified atom stereocenters. The third-order valence-corrected chi connectivity index (χ3v) is 8.60. The molecule has 12 heteroatoms. The van der Waals surface area contributed by atoms with Crippen molar-refractivity contribution in [3.05, 3.63) is 60.2 Å². The highest BCUT2D eigenvalue weighted by Crippen LogP contribution is 2.33. The van der Waals surface area contributed by atoms with E-state index in [1.54, 1.807) is 36.8 Å². The minimum absolute atomic E-state index is 0.206. The summed E-state index contributed by atoms with van der Waals surface area (Å²) in [4.78, 5) is 35.0. The van der Waals surface area contributed by atoms with E-state index in [9.17, 15) is 13.2 Å². The molecule has 5 rings (SSSR count). The van der Waals surface area contributed by atoms with Crippen LogP contribution in [0, 0.1) is 0 Å². The molecule has 0 atom stereocenters. The first-order chi connectivity index (χ1) is 17.9. The number of pyridine rings is 1. The first-order valence-corrected chi connectivity index (χ1v) is 14.0. The molecule has 194 valence electrons. The standard InChI is InChI=1S/C25H28N6O5S/c1-2-36-23-15-26-14-20(29-23)17-3-6-19(28-13-17)24(32)31-25(8-11-35-12-9-25)21-7-10-27-22(30-21)16-37(33,34)18-4-5-18/h3,6-7,10,13-15,18H,2,4-5,8-9,11-12,16H2,1H3,(H,31,32). The molecule has 0 spiro atoms. The maximum absolute atomic E-state index is 13.3. The third-order valence-electron chi connectivity index (χ3n) is 6.45. The summed E-state index contributed by atoms with van der Waals surface area (Å²) in [5.74, 6) is 0.0794. The predicted octanol–water partition coefficient (Wildman–Crippen LogP) is 2.24. The molecule has 0 aromatic carbocycles. The van der Waals surface area contributed by atoms with Crippen molar-refractivity contribution in [2.75, 3.05) is 19.8 Å². The number of carbonyl (C=O) groups is 1. The van der Waals surface area contributed by atoms with Crippen molar-refractivity contribution in [1.82, 2.24) is 30.2 Å². The van der Waals surface area contributed by atoms with E-state index < -0.39 is 15.4 Å². The maximum Gasteiger partial charge on any atom is 0.270 e. The molecule has 1 N–H and O–H groups in total. The van der Waals surface area contributed by atoms with E-state index >= 15 is 0 Å². The highest BCUT2D eigenvalue weighted by Gasteiger charge is 2.39. The number of amides is 1. The van der Waals surface area contributed by atoms with E-state index in [1.807, 2.05) is 6.92 Å². The number of nitrogens with zero attached hydrogens (tertiary/aromatic N) is 5. The molecule has 1 aliphatic carbocycles. The molecule has 2 fully saturated rings. The summed E-state index contributed by atoms with van der Waals surface area (Å²) in [5.41, 5.74) is 1.26. The minimum Gasteiger partial charge on any atom is -0.477 e. The number of aromatic nitrogens is 5. The third kappa shape index (κ3) is 5.75. The number of ether oxygens (including phenoxy) is 2. The molecule has 11 nitrogen and oxygen atoms in total. The number of hydrogen-bond donors (Lipinski definition) is 1. The summed E-state index contributed by atoms with van der Waals surface area (Å²) >= 11 is 0. The number of rotatable bonds is 9. The van der Waals surface area contributed by atoms with Gasteiger partial charge in [0.05, 0.1) is 41.2 Å². The lowest BCUT2D eigenvalue weighted by Crippen LogP contribution is -2.50. The molecule has 1 saturated carbocycles. The quantitative estimate of drug-likeness (QED) is 0.442. The second kappa shape index (κ2) is 10.5. The summed E-state index contributed by atoms with van der Waals surface area (Å²) in [6, 6.07) is 5.10. The van der Waals surface area contributed by atoms with E-state index in [4.69, 9.17) is 9.47 Å². The van der Waals surface area contributed by atoms with Crippen LogP contribution in [0.3, 0.4) is 0 Å². The normalized spacial score (nSPS) is 17.2. The molecule has 1 aliphatic heterocycles. The van der Waals surface area contributed by atoms with Gasteiger partial charge in [-0.05, 0) is 50.8 Å². The number of hydrogen-bond acceptors (Lipinski definition) is 10. The van der Waals surface area contributed by atoms with Gasteiger partial charge in [-0.2, -0.15) is 0 Å². The Bertz CT molecular complexity index is 1370. The average molecular weight is 525 g/mol. The van der Waals surface area contributed by atoms with Crippen molar-refractivity contribution in [2.24, 2.45) is 0 Å². The van der Waals surface area contributed by atoms with Crippen LogP contribution >= 0.6 is 0 Å². The monoisotopic (exact) mass is 524 g/mol. The molecule has 0 bridgehead atoms. The van der Waals surface area contributed by atoms with Crippen LogP contribution < -0.4 is 10.1 Å². The van der Waals surface area contributed by atoms with Gasteiger partial charge in [-0.25, -0.2) is 23.4 Å². The van der Waals surface area contributed by atoms with Crippen molar-refractivity contribution < 1.29 is 22.7 Å². The Hall–Kier alpha value is -3.51. The lowest BCUT2D eigenvalue weighted by Gasteiger charge is -2.37. The Kier molecular flexibility index (Phi) is 7.11. The number of nitrogens with one attached hydrogen (secondary N) is 1. The van der Waals surface area contributed by atoms with Gasteiger partial charge in [-0.15, -0.1) is 0 Å². The van der Waals surface area contributed by atoms with E-state index in [0.29, 0.717) is 68.3 Å². The lowest BCUT2D eigenvalue weighted by molar-refractivity contribution is 0.0327. The minimum atomic E-state index is -3.27. The summed E-state index contributed by atoms with van der Waals surface area (Å²) in [6.07, 6.45) is 8.61.